The lowest BCUT2D eigenvalue weighted by Gasteiger charge is -2.18. The Morgan fingerprint density at radius 2 is 1.89 bits per heavy atom. The number of aliphatic hydroxyl groups is 1. The van der Waals surface area contributed by atoms with Crippen LogP contribution in [-0.2, 0) is 0 Å². The molecule has 1 aromatic carbocycles. The molecule has 0 spiro atoms. The Kier molecular flexibility index (Phi) is 7.22. The predicted octanol–water partition coefficient (Wildman–Crippen LogP) is 1.82. The molecule has 1 unspecified atom stereocenters. The molecule has 0 aromatic heterocycles. The summed E-state index contributed by atoms with van der Waals surface area (Å²) < 4.78 is 10.8. The van der Waals surface area contributed by atoms with Crippen LogP contribution < -0.4 is 14.8 Å². The highest BCUT2D eigenvalue weighted by Crippen LogP contribution is 2.17. The monoisotopic (exact) mass is 253 g/mol. The Balaban J connectivity index is 2.39. The number of ether oxygens (including phenoxy) is 2. The third kappa shape index (κ3) is 5.38. The number of hydrogen-bond acceptors (Lipinski definition) is 4. The first-order valence-electron chi connectivity index (χ1n) is 6.41. The van der Waals surface area contributed by atoms with Crippen LogP contribution in [0.1, 0.15) is 19.8 Å². The van der Waals surface area contributed by atoms with Crippen molar-refractivity contribution >= 4 is 0 Å². The highest BCUT2D eigenvalue weighted by molar-refractivity contribution is 5.31. The molecule has 4 heteroatoms. The van der Waals surface area contributed by atoms with Gasteiger partial charge in [0.05, 0.1) is 7.11 Å². The minimum absolute atomic E-state index is 0.174. The van der Waals surface area contributed by atoms with E-state index in [1.54, 1.807) is 7.11 Å². The normalized spacial score (nSPS) is 12.2. The molecule has 0 fully saturated rings. The second kappa shape index (κ2) is 8.78. The van der Waals surface area contributed by atoms with Crippen molar-refractivity contribution in [1.29, 1.82) is 0 Å². The first kappa shape index (κ1) is 14.8. The van der Waals surface area contributed by atoms with Crippen LogP contribution >= 0.6 is 0 Å². The summed E-state index contributed by atoms with van der Waals surface area (Å²) in [6, 6.07) is 7.70. The second-order valence-corrected chi connectivity index (χ2v) is 4.15. The topological polar surface area (TPSA) is 50.7 Å². The quantitative estimate of drug-likeness (QED) is 0.705. The Hall–Kier alpha value is -1.26. The number of rotatable bonds is 9. The third-order valence-corrected chi connectivity index (χ3v) is 2.67. The molecule has 4 nitrogen and oxygen atoms in total. The maximum Gasteiger partial charge on any atom is 0.119 e. The highest BCUT2D eigenvalue weighted by Gasteiger charge is 2.07. The maximum absolute atomic E-state index is 8.99. The molecule has 2 N–H and O–H groups in total. The number of benzene rings is 1. The minimum Gasteiger partial charge on any atom is -0.497 e. The van der Waals surface area contributed by atoms with Crippen LogP contribution in [0.15, 0.2) is 24.3 Å². The van der Waals surface area contributed by atoms with Gasteiger partial charge < -0.3 is 19.9 Å². The van der Waals surface area contributed by atoms with Gasteiger partial charge in [0, 0.05) is 12.6 Å². The summed E-state index contributed by atoms with van der Waals surface area (Å²) in [5, 5.41) is 12.3. The van der Waals surface area contributed by atoms with Gasteiger partial charge in [0.15, 0.2) is 0 Å². The van der Waals surface area contributed by atoms with Gasteiger partial charge >= 0.3 is 0 Å². The lowest BCUT2D eigenvalue weighted by Crippen LogP contribution is -2.36. The van der Waals surface area contributed by atoms with Gasteiger partial charge in [0.1, 0.15) is 18.1 Å². The summed E-state index contributed by atoms with van der Waals surface area (Å²) in [5.41, 5.74) is 0. The van der Waals surface area contributed by atoms with E-state index in [1.165, 1.54) is 0 Å². The molecular formula is C14H23NO3. The average molecular weight is 253 g/mol. The van der Waals surface area contributed by atoms with Gasteiger partial charge in [0.2, 0.25) is 0 Å². The summed E-state index contributed by atoms with van der Waals surface area (Å²) in [7, 11) is 1.64. The molecule has 1 rings (SSSR count). The molecule has 0 radical (unpaired) electrons. The van der Waals surface area contributed by atoms with E-state index in [-0.39, 0.29) is 12.6 Å². The predicted molar refractivity (Wildman–Crippen MR) is 72.3 cm³/mol. The van der Waals surface area contributed by atoms with Gasteiger partial charge in [-0.1, -0.05) is 6.92 Å². The number of nitrogens with one attached hydrogen (secondary N) is 1. The van der Waals surface area contributed by atoms with Gasteiger partial charge in [-0.05, 0) is 43.7 Å². The van der Waals surface area contributed by atoms with Crippen LogP contribution in [0.3, 0.4) is 0 Å². The first-order valence-corrected chi connectivity index (χ1v) is 6.41. The Morgan fingerprint density at radius 1 is 1.22 bits per heavy atom. The average Bonchev–Trinajstić information content (AvgIpc) is 2.42. The molecule has 102 valence electrons. The van der Waals surface area contributed by atoms with E-state index in [2.05, 4.69) is 12.2 Å². The summed E-state index contributed by atoms with van der Waals surface area (Å²) >= 11 is 0. The number of hydrogen-bond donors (Lipinski definition) is 2. The molecule has 0 amide bonds. The van der Waals surface area contributed by atoms with Crippen molar-refractivity contribution in [3.63, 3.8) is 0 Å². The fraction of sp³-hybridized carbons (Fsp3) is 0.571. The zero-order valence-corrected chi connectivity index (χ0v) is 11.2. The number of methoxy groups -OCH3 is 1. The fourth-order valence-corrected chi connectivity index (χ4v) is 1.62. The van der Waals surface area contributed by atoms with Crippen molar-refractivity contribution in [2.45, 2.75) is 25.8 Å². The van der Waals surface area contributed by atoms with Crippen LogP contribution in [0.2, 0.25) is 0 Å². The molecule has 0 aliphatic heterocycles. The zero-order chi connectivity index (χ0) is 13.2. The van der Waals surface area contributed by atoms with Gasteiger partial charge in [-0.2, -0.15) is 0 Å². The van der Waals surface area contributed by atoms with Crippen LogP contribution in [-0.4, -0.2) is 38.0 Å². The highest BCUT2D eigenvalue weighted by atomic mass is 16.5. The lowest BCUT2D eigenvalue weighted by molar-refractivity contribution is 0.213. The Bertz CT molecular complexity index is 313. The van der Waals surface area contributed by atoms with Gasteiger partial charge in [-0.3, -0.25) is 0 Å². The second-order valence-electron chi connectivity index (χ2n) is 4.15. The standard InChI is InChI=1S/C14H23NO3/c1-3-9-15-12(8-10-16)11-18-14-6-4-13(17-2)5-7-14/h4-7,12,15-16H,3,8-11H2,1-2H3. The molecule has 1 atom stereocenters. The molecule has 0 aliphatic carbocycles. The van der Waals surface area contributed by atoms with E-state index in [4.69, 9.17) is 14.6 Å². The van der Waals surface area contributed by atoms with Crippen LogP contribution in [0.25, 0.3) is 0 Å². The molecule has 0 bridgehead atoms. The molecule has 18 heavy (non-hydrogen) atoms. The van der Waals surface area contributed by atoms with E-state index in [1.807, 2.05) is 24.3 Å². The Morgan fingerprint density at radius 3 is 2.44 bits per heavy atom. The zero-order valence-electron chi connectivity index (χ0n) is 11.2. The van der Waals surface area contributed by atoms with Gasteiger partial charge in [-0.25, -0.2) is 0 Å². The third-order valence-electron chi connectivity index (χ3n) is 2.67. The van der Waals surface area contributed by atoms with E-state index >= 15 is 0 Å². The summed E-state index contributed by atoms with van der Waals surface area (Å²) in [6.07, 6.45) is 1.78. The lowest BCUT2D eigenvalue weighted by atomic mass is 10.2. The fourth-order valence-electron chi connectivity index (χ4n) is 1.62. The van der Waals surface area contributed by atoms with E-state index < -0.39 is 0 Å². The van der Waals surface area contributed by atoms with E-state index in [9.17, 15) is 0 Å². The minimum atomic E-state index is 0.174. The first-order chi connectivity index (χ1) is 8.80. The Labute approximate surface area is 109 Å². The van der Waals surface area contributed by atoms with E-state index in [0.29, 0.717) is 13.0 Å². The van der Waals surface area contributed by atoms with Crippen LogP contribution in [0.4, 0.5) is 0 Å². The summed E-state index contributed by atoms with van der Waals surface area (Å²) in [6.45, 7) is 3.80. The van der Waals surface area contributed by atoms with Crippen molar-refractivity contribution in [3.8, 4) is 11.5 Å². The van der Waals surface area contributed by atoms with E-state index in [0.717, 1.165) is 24.5 Å². The molecule has 0 aliphatic rings. The van der Waals surface area contributed by atoms with Crippen molar-refractivity contribution in [2.24, 2.45) is 0 Å². The summed E-state index contributed by atoms with van der Waals surface area (Å²) in [5.74, 6) is 1.63. The van der Waals surface area contributed by atoms with Crippen molar-refractivity contribution in [2.75, 3.05) is 26.9 Å². The van der Waals surface area contributed by atoms with Crippen molar-refractivity contribution in [1.82, 2.24) is 5.32 Å². The SMILES string of the molecule is CCCNC(CCO)COc1ccc(OC)cc1. The van der Waals surface area contributed by atoms with Crippen LogP contribution in [0, 0.1) is 0 Å². The smallest absolute Gasteiger partial charge is 0.119 e. The van der Waals surface area contributed by atoms with Gasteiger partial charge in [-0.15, -0.1) is 0 Å². The van der Waals surface area contributed by atoms with Crippen molar-refractivity contribution in [3.05, 3.63) is 24.3 Å². The molecule has 0 saturated carbocycles. The van der Waals surface area contributed by atoms with Gasteiger partial charge in [0.25, 0.3) is 0 Å². The summed E-state index contributed by atoms with van der Waals surface area (Å²) in [4.78, 5) is 0. The molecular weight excluding hydrogens is 230 g/mol. The van der Waals surface area contributed by atoms with Crippen LogP contribution in [0.5, 0.6) is 11.5 Å². The van der Waals surface area contributed by atoms with Crippen molar-refractivity contribution < 1.29 is 14.6 Å². The molecule has 1 aromatic rings. The number of aliphatic hydroxyl groups excluding tert-OH is 1. The maximum atomic E-state index is 8.99. The molecule has 0 heterocycles. The largest absolute Gasteiger partial charge is 0.497 e. The molecule has 0 saturated heterocycles.